The molecule has 1 atom stereocenters. The molecule has 1 aliphatic heterocycles. The first-order valence-electron chi connectivity index (χ1n) is 7.63. The summed E-state index contributed by atoms with van der Waals surface area (Å²) in [5.74, 6) is 0.413. The molecule has 0 saturated carbocycles. The summed E-state index contributed by atoms with van der Waals surface area (Å²) in [4.78, 5) is 24.7. The topological polar surface area (TPSA) is 82.6 Å². The lowest BCUT2D eigenvalue weighted by Gasteiger charge is -2.24. The molecule has 122 valence electrons. The largest absolute Gasteiger partial charge is 0.444 e. The number of likely N-dealkylation sites (tertiary alicyclic amines) is 1. The second-order valence-corrected chi connectivity index (χ2v) is 6.52. The molecule has 1 aromatic rings. The van der Waals surface area contributed by atoms with Crippen molar-refractivity contribution in [2.45, 2.75) is 38.8 Å². The van der Waals surface area contributed by atoms with Crippen LogP contribution in [0.4, 0.5) is 10.7 Å². The van der Waals surface area contributed by atoms with Crippen molar-refractivity contribution in [1.29, 1.82) is 0 Å². The molecule has 1 amide bonds. The highest BCUT2D eigenvalue weighted by Crippen LogP contribution is 2.17. The van der Waals surface area contributed by atoms with Crippen LogP contribution in [0.5, 0.6) is 0 Å². The minimum absolute atomic E-state index is 0.0246. The Morgan fingerprint density at radius 3 is 3.05 bits per heavy atom. The predicted octanol–water partition coefficient (Wildman–Crippen LogP) is 2.01. The number of amides is 1. The van der Waals surface area contributed by atoms with Gasteiger partial charge < -0.3 is 19.9 Å². The van der Waals surface area contributed by atoms with E-state index in [1.807, 2.05) is 20.8 Å². The minimum atomic E-state index is -0.508. The maximum absolute atomic E-state index is 12.0. The first-order valence-corrected chi connectivity index (χ1v) is 7.51. The van der Waals surface area contributed by atoms with Crippen LogP contribution in [0.3, 0.4) is 0 Å². The summed E-state index contributed by atoms with van der Waals surface area (Å²) in [6.45, 7) is 6.65. The maximum Gasteiger partial charge on any atom is 0.410 e. The average molecular weight is 329 g/mol. The number of nitrogens with zero attached hydrogens (tertiary/aromatic N) is 3. The zero-order valence-electron chi connectivity index (χ0n) is 14.2. The number of nitrogens with one attached hydrogen (secondary N) is 2. The zero-order valence-corrected chi connectivity index (χ0v) is 14.0. The van der Waals surface area contributed by atoms with Crippen molar-refractivity contribution in [2.75, 3.05) is 25.5 Å². The quantitative estimate of drug-likeness (QED) is 0.870. The van der Waals surface area contributed by atoms with Gasteiger partial charge in [0.05, 0.1) is 7.54 Å². The van der Waals surface area contributed by atoms with Crippen LogP contribution in [0.15, 0.2) is 11.2 Å². The summed E-state index contributed by atoms with van der Waals surface area (Å²) in [7, 11) is 1.58. The minimum Gasteiger partial charge on any atom is -0.444 e. The number of aromatic amines is 1. The number of rotatable bonds is 2. The van der Waals surface area contributed by atoms with E-state index in [0.29, 0.717) is 24.5 Å². The Kier molecular flexibility index (Phi) is 4.52. The van der Waals surface area contributed by atoms with Crippen LogP contribution in [-0.4, -0.2) is 52.7 Å². The van der Waals surface area contributed by atoms with E-state index in [0.717, 1.165) is 6.42 Å². The van der Waals surface area contributed by atoms with Crippen LogP contribution in [0, 0.1) is 0 Å². The summed E-state index contributed by atoms with van der Waals surface area (Å²) in [5, 5.41) is 3.36. The molecule has 2 rings (SSSR count). The van der Waals surface area contributed by atoms with Crippen molar-refractivity contribution in [2.24, 2.45) is 4.99 Å². The first kappa shape index (κ1) is 15.1. The molecule has 0 bridgehead atoms. The number of hydrogen-bond acceptors (Lipinski definition) is 5. The summed E-state index contributed by atoms with van der Waals surface area (Å²) in [6.07, 6.45) is 0.402. The molecule has 0 aliphatic carbocycles. The predicted molar refractivity (Wildman–Crippen MR) is 84.9 cm³/mol. The average Bonchev–Trinajstić information content (AvgIpc) is 2.89. The number of anilines is 1. The Hall–Kier alpha value is -1.76. The normalized spacial score (nSPS) is 20.0. The summed E-state index contributed by atoms with van der Waals surface area (Å²) in [6, 6.07) is 0.0246. The highest BCUT2D eigenvalue weighted by atomic mass is 35.5. The van der Waals surface area contributed by atoms with Gasteiger partial charge in [-0.3, -0.25) is 4.99 Å². The SMILES string of the molecule is [2H]c1nc(N[C@H]2CCN(C(=O)OC(C)(C)C)C2)[nH]c(=NC)c1Cl. The molecule has 1 aromatic heterocycles. The lowest BCUT2D eigenvalue weighted by molar-refractivity contribution is 0.0293. The van der Waals surface area contributed by atoms with Crippen molar-refractivity contribution in [3.8, 4) is 0 Å². The van der Waals surface area contributed by atoms with Crippen molar-refractivity contribution in [1.82, 2.24) is 14.9 Å². The Labute approximate surface area is 136 Å². The van der Waals surface area contributed by atoms with Crippen LogP contribution >= 0.6 is 11.6 Å². The van der Waals surface area contributed by atoms with E-state index in [-0.39, 0.29) is 23.3 Å². The number of halogens is 1. The highest BCUT2D eigenvalue weighted by molar-refractivity contribution is 6.30. The summed E-state index contributed by atoms with van der Waals surface area (Å²) < 4.78 is 13.1. The molecule has 0 radical (unpaired) electrons. The van der Waals surface area contributed by atoms with Gasteiger partial charge in [0, 0.05) is 26.2 Å². The highest BCUT2D eigenvalue weighted by Gasteiger charge is 2.29. The van der Waals surface area contributed by atoms with E-state index in [9.17, 15) is 4.79 Å². The van der Waals surface area contributed by atoms with Crippen molar-refractivity contribution >= 4 is 23.6 Å². The number of H-pyrrole nitrogens is 1. The fourth-order valence-electron chi connectivity index (χ4n) is 2.14. The molecule has 1 fully saturated rings. The van der Waals surface area contributed by atoms with Crippen molar-refractivity contribution in [3.05, 3.63) is 16.7 Å². The van der Waals surface area contributed by atoms with Gasteiger partial charge in [-0.1, -0.05) is 11.6 Å². The maximum atomic E-state index is 12.0. The number of ether oxygens (including phenoxy) is 1. The van der Waals surface area contributed by atoms with Gasteiger partial charge >= 0.3 is 6.09 Å². The molecule has 2 N–H and O–H groups in total. The molecular weight excluding hydrogens is 306 g/mol. The molecule has 0 unspecified atom stereocenters. The Balaban J connectivity index is 2.01. The van der Waals surface area contributed by atoms with Gasteiger partial charge in [0.2, 0.25) is 5.95 Å². The third kappa shape index (κ3) is 4.37. The Bertz CT molecular complexity index is 656. The van der Waals surface area contributed by atoms with E-state index in [2.05, 4.69) is 20.3 Å². The molecule has 1 aliphatic rings. The van der Waals surface area contributed by atoms with Crippen LogP contribution in [-0.2, 0) is 4.74 Å². The van der Waals surface area contributed by atoms with Gasteiger partial charge in [0.25, 0.3) is 0 Å². The standard InChI is InChI=1S/C14H22ClN5O2/c1-14(2,3)22-13(21)20-6-5-9(8-20)18-12-17-7-10(15)11(16-4)19-12/h7,9H,5-6,8H2,1-4H3,(H2,16,17,18,19)/t9-/m0/s1/i7D. The van der Waals surface area contributed by atoms with E-state index >= 15 is 0 Å². The van der Waals surface area contributed by atoms with Gasteiger partial charge in [0.1, 0.15) is 16.1 Å². The fourth-order valence-corrected chi connectivity index (χ4v) is 2.31. The fraction of sp³-hybridized carbons (Fsp3) is 0.643. The molecule has 8 heteroatoms. The van der Waals surface area contributed by atoms with Gasteiger partial charge in [-0.05, 0) is 27.2 Å². The van der Waals surface area contributed by atoms with E-state index in [1.54, 1.807) is 11.9 Å². The number of carbonyl (C=O) groups excluding carboxylic acids is 1. The second kappa shape index (κ2) is 6.56. The van der Waals surface area contributed by atoms with Gasteiger partial charge in [-0.15, -0.1) is 0 Å². The first-order chi connectivity index (χ1) is 10.7. The molecule has 1 saturated heterocycles. The zero-order chi connectivity index (χ0) is 17.2. The van der Waals surface area contributed by atoms with Crippen molar-refractivity contribution in [3.63, 3.8) is 0 Å². The van der Waals surface area contributed by atoms with E-state index < -0.39 is 5.60 Å². The van der Waals surface area contributed by atoms with Crippen LogP contribution in [0.1, 0.15) is 28.6 Å². The van der Waals surface area contributed by atoms with E-state index in [4.69, 9.17) is 17.7 Å². The monoisotopic (exact) mass is 328 g/mol. The Morgan fingerprint density at radius 2 is 2.41 bits per heavy atom. The van der Waals surface area contributed by atoms with Crippen LogP contribution in [0.25, 0.3) is 0 Å². The Morgan fingerprint density at radius 1 is 1.68 bits per heavy atom. The smallest absolute Gasteiger partial charge is 0.410 e. The summed E-state index contributed by atoms with van der Waals surface area (Å²) in [5.41, 5.74) is -0.109. The van der Waals surface area contributed by atoms with Gasteiger partial charge in [0.15, 0.2) is 0 Å². The number of hydrogen-bond donors (Lipinski definition) is 2. The third-order valence-electron chi connectivity index (χ3n) is 3.11. The van der Waals surface area contributed by atoms with Crippen LogP contribution in [0.2, 0.25) is 5.02 Å². The molecule has 2 heterocycles. The van der Waals surface area contributed by atoms with Gasteiger partial charge in [-0.25, -0.2) is 9.78 Å². The van der Waals surface area contributed by atoms with Gasteiger partial charge in [-0.2, -0.15) is 0 Å². The molecule has 0 aromatic carbocycles. The van der Waals surface area contributed by atoms with Crippen molar-refractivity contribution < 1.29 is 10.9 Å². The second-order valence-electron chi connectivity index (χ2n) is 6.14. The third-order valence-corrected chi connectivity index (χ3v) is 3.38. The van der Waals surface area contributed by atoms with E-state index in [1.165, 1.54) is 0 Å². The molecule has 22 heavy (non-hydrogen) atoms. The van der Waals surface area contributed by atoms with Crippen LogP contribution < -0.4 is 10.8 Å². The lowest BCUT2D eigenvalue weighted by Crippen LogP contribution is -2.36. The molecule has 7 nitrogen and oxygen atoms in total. The lowest BCUT2D eigenvalue weighted by atomic mass is 10.2. The number of carbonyl (C=O) groups is 1. The molecular formula is C14H22ClN5O2. The summed E-state index contributed by atoms with van der Waals surface area (Å²) >= 11 is 5.94. The number of aromatic nitrogens is 2. The molecule has 0 spiro atoms.